The number of phenols is 2. The van der Waals surface area contributed by atoms with Gasteiger partial charge in [-0.2, -0.15) is 0 Å². The van der Waals surface area contributed by atoms with Crippen molar-refractivity contribution in [1.29, 1.82) is 0 Å². The van der Waals surface area contributed by atoms with Gasteiger partial charge in [0, 0.05) is 23.4 Å². The van der Waals surface area contributed by atoms with Gasteiger partial charge in [-0.1, -0.05) is 0 Å². The lowest BCUT2D eigenvalue weighted by molar-refractivity contribution is 0.450. The number of nitrogens with zero attached hydrogens (tertiary/aromatic N) is 2. The molecule has 4 rings (SSSR count). The van der Waals surface area contributed by atoms with E-state index >= 15 is 0 Å². The molecule has 0 bridgehead atoms. The van der Waals surface area contributed by atoms with Crippen LogP contribution in [-0.4, -0.2) is 26.4 Å². The standard InChI is InChI=1S/C20H14FN3O2/c21-14-4-1-12(2-5-14)20-23-17-8-6-15(9-18(17)24-20)22-11-13-3-7-16(25)10-19(13)26/h1-11,25-26H,(H,23,24). The van der Waals surface area contributed by atoms with Crippen LogP contribution in [0.2, 0.25) is 0 Å². The van der Waals surface area contributed by atoms with E-state index in [-0.39, 0.29) is 17.3 Å². The fourth-order valence-electron chi connectivity index (χ4n) is 2.61. The summed E-state index contributed by atoms with van der Waals surface area (Å²) in [5.41, 5.74) is 3.55. The molecule has 26 heavy (non-hydrogen) atoms. The van der Waals surface area contributed by atoms with Crippen molar-refractivity contribution in [1.82, 2.24) is 9.97 Å². The summed E-state index contributed by atoms with van der Waals surface area (Å²) in [6, 6.07) is 15.9. The Balaban J connectivity index is 1.65. The number of benzene rings is 3. The Hall–Kier alpha value is -3.67. The lowest BCUT2D eigenvalue weighted by atomic mass is 10.2. The van der Waals surface area contributed by atoms with Crippen LogP contribution in [-0.2, 0) is 0 Å². The van der Waals surface area contributed by atoms with Gasteiger partial charge in [-0.15, -0.1) is 0 Å². The molecule has 6 heteroatoms. The molecule has 0 saturated heterocycles. The smallest absolute Gasteiger partial charge is 0.138 e. The first kappa shape index (κ1) is 15.8. The van der Waals surface area contributed by atoms with Crippen molar-refractivity contribution in [3.63, 3.8) is 0 Å². The van der Waals surface area contributed by atoms with Gasteiger partial charge in [-0.25, -0.2) is 9.37 Å². The molecule has 0 aliphatic carbocycles. The molecule has 1 aromatic heterocycles. The van der Waals surface area contributed by atoms with E-state index in [0.29, 0.717) is 17.1 Å². The van der Waals surface area contributed by atoms with Crippen LogP contribution in [0.5, 0.6) is 11.5 Å². The number of H-pyrrole nitrogens is 1. The van der Waals surface area contributed by atoms with Gasteiger partial charge in [0.2, 0.25) is 0 Å². The minimum Gasteiger partial charge on any atom is -0.508 e. The van der Waals surface area contributed by atoms with Crippen LogP contribution >= 0.6 is 0 Å². The molecule has 0 aliphatic heterocycles. The second-order valence-corrected chi connectivity index (χ2v) is 5.80. The van der Waals surface area contributed by atoms with Gasteiger partial charge in [0.1, 0.15) is 23.1 Å². The topological polar surface area (TPSA) is 81.5 Å². The number of aliphatic imine (C=N–C) groups is 1. The normalized spacial score (nSPS) is 11.4. The van der Waals surface area contributed by atoms with Crippen LogP contribution in [0.4, 0.5) is 10.1 Å². The second kappa shape index (κ2) is 6.33. The van der Waals surface area contributed by atoms with Crippen LogP contribution in [0, 0.1) is 5.82 Å². The summed E-state index contributed by atoms with van der Waals surface area (Å²) in [5, 5.41) is 19.1. The minimum atomic E-state index is -0.293. The minimum absolute atomic E-state index is 0.00754. The lowest BCUT2D eigenvalue weighted by Gasteiger charge is -1.99. The Morgan fingerprint density at radius 1 is 0.962 bits per heavy atom. The number of fused-ring (bicyclic) bond motifs is 1. The maximum atomic E-state index is 13.1. The third kappa shape index (κ3) is 3.12. The maximum absolute atomic E-state index is 13.1. The third-order valence-corrected chi connectivity index (χ3v) is 3.95. The molecule has 3 N–H and O–H groups in total. The quantitative estimate of drug-likeness (QED) is 0.476. The Bertz CT molecular complexity index is 1120. The Morgan fingerprint density at radius 3 is 2.54 bits per heavy atom. The molecule has 0 fully saturated rings. The third-order valence-electron chi connectivity index (χ3n) is 3.95. The average Bonchev–Trinajstić information content (AvgIpc) is 3.05. The Kier molecular flexibility index (Phi) is 3.85. The number of phenolic OH excluding ortho intramolecular Hbond substituents is 2. The highest BCUT2D eigenvalue weighted by Gasteiger charge is 2.06. The zero-order valence-corrected chi connectivity index (χ0v) is 13.5. The largest absolute Gasteiger partial charge is 0.508 e. The van der Waals surface area contributed by atoms with Gasteiger partial charge in [-0.3, -0.25) is 4.99 Å². The highest BCUT2D eigenvalue weighted by atomic mass is 19.1. The van der Waals surface area contributed by atoms with E-state index in [4.69, 9.17) is 0 Å². The maximum Gasteiger partial charge on any atom is 0.138 e. The molecule has 1 heterocycles. The van der Waals surface area contributed by atoms with Crippen molar-refractivity contribution in [3.05, 3.63) is 72.0 Å². The van der Waals surface area contributed by atoms with Crippen LogP contribution in [0.1, 0.15) is 5.56 Å². The van der Waals surface area contributed by atoms with Gasteiger partial charge in [0.15, 0.2) is 0 Å². The van der Waals surface area contributed by atoms with Crippen molar-refractivity contribution >= 4 is 22.9 Å². The van der Waals surface area contributed by atoms with Crippen LogP contribution in [0.25, 0.3) is 22.4 Å². The van der Waals surface area contributed by atoms with Crippen LogP contribution in [0.15, 0.2) is 65.7 Å². The number of imidazole rings is 1. The average molecular weight is 347 g/mol. The number of halogens is 1. The highest BCUT2D eigenvalue weighted by Crippen LogP contribution is 2.25. The van der Waals surface area contributed by atoms with E-state index in [1.165, 1.54) is 30.5 Å². The summed E-state index contributed by atoms with van der Waals surface area (Å²) in [4.78, 5) is 12.0. The molecule has 128 valence electrons. The first-order chi connectivity index (χ1) is 12.6. The van der Waals surface area contributed by atoms with Crippen molar-refractivity contribution < 1.29 is 14.6 Å². The summed E-state index contributed by atoms with van der Waals surface area (Å²) < 4.78 is 13.1. The molecule has 0 radical (unpaired) electrons. The summed E-state index contributed by atoms with van der Waals surface area (Å²) in [5.74, 6) is 0.304. The van der Waals surface area contributed by atoms with E-state index in [2.05, 4.69) is 15.0 Å². The predicted octanol–water partition coefficient (Wildman–Crippen LogP) is 4.53. The number of hydrogen-bond donors (Lipinski definition) is 3. The first-order valence-corrected chi connectivity index (χ1v) is 7.90. The van der Waals surface area contributed by atoms with E-state index in [9.17, 15) is 14.6 Å². The number of aromatic amines is 1. The van der Waals surface area contributed by atoms with Gasteiger partial charge in [0.25, 0.3) is 0 Å². The summed E-state index contributed by atoms with van der Waals surface area (Å²) >= 11 is 0. The molecule has 0 spiro atoms. The molecular weight excluding hydrogens is 333 g/mol. The molecular formula is C20H14FN3O2. The number of aromatic hydroxyl groups is 2. The van der Waals surface area contributed by atoms with E-state index < -0.39 is 0 Å². The van der Waals surface area contributed by atoms with Crippen molar-refractivity contribution in [3.8, 4) is 22.9 Å². The van der Waals surface area contributed by atoms with Crippen molar-refractivity contribution in [2.24, 2.45) is 4.99 Å². The monoisotopic (exact) mass is 347 g/mol. The molecule has 0 amide bonds. The number of rotatable bonds is 3. The summed E-state index contributed by atoms with van der Waals surface area (Å²) in [6.07, 6.45) is 1.52. The highest BCUT2D eigenvalue weighted by molar-refractivity contribution is 5.87. The Labute approximate surface area is 148 Å². The molecule has 0 aliphatic rings. The van der Waals surface area contributed by atoms with Crippen LogP contribution < -0.4 is 0 Å². The fraction of sp³-hybridized carbons (Fsp3) is 0. The van der Waals surface area contributed by atoms with E-state index in [0.717, 1.165) is 16.6 Å². The second-order valence-electron chi connectivity index (χ2n) is 5.80. The van der Waals surface area contributed by atoms with Gasteiger partial charge in [-0.05, 0) is 54.6 Å². The molecule has 0 saturated carbocycles. The zero-order chi connectivity index (χ0) is 18.1. The van der Waals surface area contributed by atoms with Gasteiger partial charge >= 0.3 is 0 Å². The number of aromatic nitrogens is 2. The lowest BCUT2D eigenvalue weighted by Crippen LogP contribution is -1.81. The molecule has 0 atom stereocenters. The molecule has 5 nitrogen and oxygen atoms in total. The zero-order valence-electron chi connectivity index (χ0n) is 13.5. The van der Waals surface area contributed by atoms with Crippen LogP contribution in [0.3, 0.4) is 0 Å². The summed E-state index contributed by atoms with van der Waals surface area (Å²) in [7, 11) is 0. The molecule has 0 unspecified atom stereocenters. The Morgan fingerprint density at radius 2 is 1.77 bits per heavy atom. The van der Waals surface area contributed by atoms with E-state index in [1.54, 1.807) is 18.2 Å². The van der Waals surface area contributed by atoms with Crippen molar-refractivity contribution in [2.75, 3.05) is 0 Å². The molecule has 4 aromatic rings. The van der Waals surface area contributed by atoms with E-state index in [1.807, 2.05) is 18.2 Å². The molecule has 3 aromatic carbocycles. The van der Waals surface area contributed by atoms with Gasteiger partial charge in [0.05, 0.1) is 16.7 Å². The predicted molar refractivity (Wildman–Crippen MR) is 98.5 cm³/mol. The SMILES string of the molecule is Oc1ccc(C=Nc2ccc3nc(-c4ccc(F)cc4)[nH]c3c2)c(O)c1. The number of nitrogens with one attached hydrogen (secondary N) is 1. The fourth-order valence-corrected chi connectivity index (χ4v) is 2.61. The van der Waals surface area contributed by atoms with Gasteiger partial charge < -0.3 is 15.2 Å². The number of hydrogen-bond acceptors (Lipinski definition) is 4. The van der Waals surface area contributed by atoms with Crippen molar-refractivity contribution in [2.45, 2.75) is 0 Å². The summed E-state index contributed by atoms with van der Waals surface area (Å²) in [6.45, 7) is 0. The first-order valence-electron chi connectivity index (χ1n) is 7.90.